The highest BCUT2D eigenvalue weighted by molar-refractivity contribution is 7.92. The van der Waals surface area contributed by atoms with Crippen molar-refractivity contribution in [3.05, 3.63) is 35.4 Å². The average molecular weight is 363 g/mol. The number of alkyl halides is 2. The summed E-state index contributed by atoms with van der Waals surface area (Å²) in [6.45, 7) is 0. The van der Waals surface area contributed by atoms with Crippen LogP contribution in [-0.2, 0) is 16.3 Å². The number of aromatic nitrogens is 1. The zero-order valence-corrected chi connectivity index (χ0v) is 13.5. The molecule has 4 nitrogen and oxygen atoms in total. The fourth-order valence-electron chi connectivity index (χ4n) is 2.66. The summed E-state index contributed by atoms with van der Waals surface area (Å²) in [6.07, 6.45) is 0.326. The van der Waals surface area contributed by atoms with Gasteiger partial charge in [0.15, 0.2) is 9.84 Å². The quantitative estimate of drug-likeness (QED) is 0.891. The second-order valence-corrected chi connectivity index (χ2v) is 8.67. The third-order valence-corrected chi connectivity index (χ3v) is 6.84. The van der Waals surface area contributed by atoms with Gasteiger partial charge < -0.3 is 5.11 Å². The molecule has 0 saturated heterocycles. The maximum Gasteiger partial charge on any atom is 0.277 e. The fourth-order valence-corrected chi connectivity index (χ4v) is 5.25. The summed E-state index contributed by atoms with van der Waals surface area (Å²) in [5, 5.41) is 9.95. The van der Waals surface area contributed by atoms with Crippen molar-refractivity contribution in [1.82, 2.24) is 4.98 Å². The van der Waals surface area contributed by atoms with Crippen LogP contribution in [0.2, 0.25) is 0 Å². The highest BCUT2D eigenvalue weighted by Crippen LogP contribution is 2.50. The third-order valence-electron chi connectivity index (χ3n) is 3.70. The van der Waals surface area contributed by atoms with Crippen LogP contribution in [0.15, 0.2) is 22.7 Å². The molecule has 1 aliphatic rings. The van der Waals surface area contributed by atoms with Crippen LogP contribution in [0.3, 0.4) is 0 Å². The number of fused-ring (bicyclic) bond motifs is 1. The van der Waals surface area contributed by atoms with E-state index < -0.39 is 34.1 Å². The van der Waals surface area contributed by atoms with Gasteiger partial charge in [-0.3, -0.25) is 4.98 Å². The number of halogens is 3. The zero-order valence-electron chi connectivity index (χ0n) is 11.9. The number of thiophene rings is 1. The molecular formula is C14H12F3NO3S2. The first-order valence-corrected chi connectivity index (χ1v) is 9.34. The minimum atomic E-state index is -3.81. The molecule has 0 bridgehead atoms. The van der Waals surface area contributed by atoms with Gasteiger partial charge in [0, 0.05) is 34.9 Å². The van der Waals surface area contributed by atoms with E-state index >= 15 is 0 Å². The van der Waals surface area contributed by atoms with Gasteiger partial charge in [0.2, 0.25) is 0 Å². The number of nitrogens with zero attached hydrogens (tertiary/aromatic N) is 1. The molecule has 1 N–H and O–H groups in total. The van der Waals surface area contributed by atoms with E-state index in [-0.39, 0.29) is 16.2 Å². The van der Waals surface area contributed by atoms with Crippen LogP contribution in [0, 0.1) is 5.82 Å². The lowest BCUT2D eigenvalue weighted by atomic mass is 9.87. The Balaban J connectivity index is 2.30. The summed E-state index contributed by atoms with van der Waals surface area (Å²) >= 11 is 0.761. The number of hydrogen-bond acceptors (Lipinski definition) is 5. The summed E-state index contributed by atoms with van der Waals surface area (Å²) in [7, 11) is -3.81. The van der Waals surface area contributed by atoms with Gasteiger partial charge in [-0.25, -0.2) is 21.6 Å². The number of hydrogen-bond donors (Lipinski definition) is 1. The minimum Gasteiger partial charge on any atom is -0.382 e. The van der Waals surface area contributed by atoms with Gasteiger partial charge in [0.05, 0.1) is 6.20 Å². The molecule has 0 aliphatic heterocycles. The first-order chi connectivity index (χ1) is 10.6. The van der Waals surface area contributed by atoms with E-state index in [4.69, 9.17) is 0 Å². The lowest BCUT2D eigenvalue weighted by molar-refractivity contribution is -0.122. The number of aliphatic hydroxyl groups is 1. The predicted molar refractivity (Wildman–Crippen MR) is 78.8 cm³/mol. The lowest BCUT2D eigenvalue weighted by Gasteiger charge is -2.28. The first kappa shape index (κ1) is 16.4. The Kier molecular flexibility index (Phi) is 3.77. The summed E-state index contributed by atoms with van der Waals surface area (Å²) in [4.78, 5) is 4.05. The zero-order chi connectivity index (χ0) is 17.0. The highest BCUT2D eigenvalue weighted by atomic mass is 32.2. The van der Waals surface area contributed by atoms with Crippen molar-refractivity contribution < 1.29 is 26.7 Å². The van der Waals surface area contributed by atoms with Crippen molar-refractivity contribution in [3.63, 3.8) is 0 Å². The molecule has 124 valence electrons. The maximum atomic E-state index is 13.8. The molecule has 9 heteroatoms. The SMILES string of the molecule is CS(=O)(=O)c1sc(-c2cncc(F)c2)c2c1[C@H](O)C(F)(F)CC2. The van der Waals surface area contributed by atoms with E-state index in [1.54, 1.807) is 0 Å². The summed E-state index contributed by atoms with van der Waals surface area (Å²) in [5.41, 5.74) is 0.354. The number of sulfone groups is 1. The van der Waals surface area contributed by atoms with E-state index in [0.29, 0.717) is 16.0 Å². The summed E-state index contributed by atoms with van der Waals surface area (Å²) < 4.78 is 64.6. The maximum absolute atomic E-state index is 13.8. The Hall–Kier alpha value is -1.45. The van der Waals surface area contributed by atoms with Crippen LogP contribution < -0.4 is 0 Å². The second-order valence-electron chi connectivity index (χ2n) is 5.44. The Morgan fingerprint density at radius 3 is 2.70 bits per heavy atom. The van der Waals surface area contributed by atoms with Crippen LogP contribution in [0.1, 0.15) is 23.7 Å². The monoisotopic (exact) mass is 363 g/mol. The molecule has 1 aliphatic carbocycles. The predicted octanol–water partition coefficient (Wildman–Crippen LogP) is 2.97. The summed E-state index contributed by atoms with van der Waals surface area (Å²) in [6, 6.07) is 1.16. The van der Waals surface area contributed by atoms with Crippen molar-refractivity contribution in [1.29, 1.82) is 0 Å². The van der Waals surface area contributed by atoms with E-state index in [9.17, 15) is 26.7 Å². The van der Waals surface area contributed by atoms with Gasteiger partial charge >= 0.3 is 0 Å². The third kappa shape index (κ3) is 2.77. The second kappa shape index (κ2) is 5.29. The molecule has 0 unspecified atom stereocenters. The molecule has 3 rings (SSSR count). The Morgan fingerprint density at radius 2 is 2.09 bits per heavy atom. The van der Waals surface area contributed by atoms with Crippen LogP contribution in [0.4, 0.5) is 13.2 Å². The van der Waals surface area contributed by atoms with Crippen LogP contribution in [0.25, 0.3) is 10.4 Å². The van der Waals surface area contributed by atoms with Gasteiger partial charge in [-0.1, -0.05) is 0 Å². The molecule has 1 atom stereocenters. The first-order valence-electron chi connectivity index (χ1n) is 6.63. The van der Waals surface area contributed by atoms with Crippen molar-refractivity contribution in [2.75, 3.05) is 6.26 Å². The van der Waals surface area contributed by atoms with E-state index in [1.807, 2.05) is 0 Å². The molecule has 0 fully saturated rings. The fraction of sp³-hybridized carbons (Fsp3) is 0.357. The molecule has 0 saturated carbocycles. The van der Waals surface area contributed by atoms with Crippen LogP contribution in [-0.4, -0.2) is 30.7 Å². The largest absolute Gasteiger partial charge is 0.382 e. The molecule has 23 heavy (non-hydrogen) atoms. The highest BCUT2D eigenvalue weighted by Gasteiger charge is 2.47. The molecule has 2 aromatic heterocycles. The van der Waals surface area contributed by atoms with E-state index in [0.717, 1.165) is 29.9 Å². The Morgan fingerprint density at radius 1 is 1.39 bits per heavy atom. The number of pyridine rings is 1. The molecule has 0 spiro atoms. The molecule has 2 heterocycles. The standard InChI is InChI=1S/C14H12F3NO3S2/c1-23(20,21)13-10-9(2-3-14(16,17)12(10)19)11(22-13)7-4-8(15)6-18-5-7/h4-6,12,19H,2-3H2,1H3/t12-/m0/s1. The van der Waals surface area contributed by atoms with Crippen molar-refractivity contribution in [2.24, 2.45) is 0 Å². The molecule has 0 aromatic carbocycles. The molecule has 0 amide bonds. The van der Waals surface area contributed by atoms with E-state index in [2.05, 4.69) is 4.98 Å². The van der Waals surface area contributed by atoms with Crippen molar-refractivity contribution in [3.8, 4) is 10.4 Å². The normalized spacial score (nSPS) is 20.3. The molecule has 2 aromatic rings. The topological polar surface area (TPSA) is 67.3 Å². The Bertz CT molecular complexity index is 877. The summed E-state index contributed by atoms with van der Waals surface area (Å²) in [5.74, 6) is -4.02. The minimum absolute atomic E-state index is 0.0999. The van der Waals surface area contributed by atoms with Gasteiger partial charge in [-0.05, 0) is 18.1 Å². The molecule has 0 radical (unpaired) electrons. The van der Waals surface area contributed by atoms with Gasteiger partial charge in [-0.15, -0.1) is 11.3 Å². The van der Waals surface area contributed by atoms with Gasteiger partial charge in [0.1, 0.15) is 16.1 Å². The van der Waals surface area contributed by atoms with Crippen LogP contribution >= 0.6 is 11.3 Å². The average Bonchev–Trinajstić information content (AvgIpc) is 2.83. The van der Waals surface area contributed by atoms with Crippen molar-refractivity contribution >= 4 is 21.2 Å². The lowest BCUT2D eigenvalue weighted by Crippen LogP contribution is -2.32. The smallest absolute Gasteiger partial charge is 0.277 e. The van der Waals surface area contributed by atoms with Crippen LogP contribution in [0.5, 0.6) is 0 Å². The van der Waals surface area contributed by atoms with E-state index in [1.165, 1.54) is 6.20 Å². The van der Waals surface area contributed by atoms with Crippen molar-refractivity contribution in [2.45, 2.75) is 29.1 Å². The van der Waals surface area contributed by atoms with Gasteiger partial charge in [-0.2, -0.15) is 0 Å². The number of aliphatic hydroxyl groups excluding tert-OH is 1. The molecular weight excluding hydrogens is 351 g/mol. The Labute approximate surface area is 134 Å². The number of rotatable bonds is 2. The van der Waals surface area contributed by atoms with Gasteiger partial charge in [0.25, 0.3) is 5.92 Å².